The molecule has 0 heterocycles. The van der Waals surface area contributed by atoms with E-state index in [9.17, 15) is 9.59 Å². The number of hydrogen-bond acceptors (Lipinski definition) is 3. The molecule has 0 aliphatic rings. The molecule has 0 radical (unpaired) electrons. The third-order valence-electron chi connectivity index (χ3n) is 5.66. The van der Waals surface area contributed by atoms with Gasteiger partial charge >= 0.3 is 0 Å². The highest BCUT2D eigenvalue weighted by Crippen LogP contribution is 2.37. The molecule has 0 aliphatic heterocycles. The van der Waals surface area contributed by atoms with Gasteiger partial charge in [-0.1, -0.05) is 65.7 Å². The average Bonchev–Trinajstić information content (AvgIpc) is 2.86. The molecule has 1 unspecified atom stereocenters. The van der Waals surface area contributed by atoms with Crippen molar-refractivity contribution in [3.8, 4) is 0 Å². The normalized spacial score (nSPS) is 11.5. The minimum absolute atomic E-state index is 0.0788. The van der Waals surface area contributed by atoms with Gasteiger partial charge in [-0.15, -0.1) is 11.8 Å². The standard InChI is InChI=1S/C30H28N2O2S/c1-20-9-12-24(13-10-20)29(33)31-25-14-16-26(17-15-25)35-28(23-7-5-4-6-8-23)30(34)32-27-18-11-21(2)19-22(27)3/h4-19,28H,1-3H3,(H,31,33)(H,32,34). The predicted molar refractivity (Wildman–Crippen MR) is 145 cm³/mol. The SMILES string of the molecule is Cc1ccc(C(=O)Nc2ccc(SC(C(=O)Nc3ccc(C)cc3C)c3ccccc3)cc2)cc1. The van der Waals surface area contributed by atoms with Gasteiger partial charge in [-0.25, -0.2) is 0 Å². The van der Waals surface area contributed by atoms with Crippen molar-refractivity contribution in [2.45, 2.75) is 30.9 Å². The molecule has 0 aromatic heterocycles. The van der Waals surface area contributed by atoms with Crippen molar-refractivity contribution in [3.63, 3.8) is 0 Å². The Morgan fingerprint density at radius 1 is 0.714 bits per heavy atom. The van der Waals surface area contributed by atoms with Crippen LogP contribution >= 0.6 is 11.8 Å². The van der Waals surface area contributed by atoms with Crippen molar-refractivity contribution in [2.75, 3.05) is 10.6 Å². The number of benzene rings is 4. The Kier molecular flexibility index (Phi) is 7.68. The molecule has 176 valence electrons. The lowest BCUT2D eigenvalue weighted by Crippen LogP contribution is -2.19. The molecule has 0 bridgehead atoms. The quantitative estimate of drug-likeness (QED) is 0.272. The highest BCUT2D eigenvalue weighted by molar-refractivity contribution is 8.00. The molecule has 4 aromatic rings. The Labute approximate surface area is 210 Å². The van der Waals surface area contributed by atoms with E-state index in [-0.39, 0.29) is 11.8 Å². The molecule has 2 N–H and O–H groups in total. The summed E-state index contributed by atoms with van der Waals surface area (Å²) in [5.74, 6) is -0.231. The van der Waals surface area contributed by atoms with Gasteiger partial charge in [0.25, 0.3) is 5.91 Å². The fourth-order valence-corrected chi connectivity index (χ4v) is 4.74. The number of carbonyl (C=O) groups is 2. The third-order valence-corrected chi connectivity index (χ3v) is 6.93. The summed E-state index contributed by atoms with van der Waals surface area (Å²) in [6, 6.07) is 30.8. The van der Waals surface area contributed by atoms with Crippen molar-refractivity contribution in [2.24, 2.45) is 0 Å². The maximum atomic E-state index is 13.4. The monoisotopic (exact) mass is 480 g/mol. The molecule has 4 aromatic carbocycles. The van der Waals surface area contributed by atoms with Gasteiger partial charge in [-0.05, 0) is 74.4 Å². The van der Waals surface area contributed by atoms with E-state index < -0.39 is 5.25 Å². The Morgan fingerprint density at radius 3 is 2.03 bits per heavy atom. The molecule has 0 spiro atoms. The van der Waals surface area contributed by atoms with E-state index in [0.717, 1.165) is 32.8 Å². The van der Waals surface area contributed by atoms with Crippen molar-refractivity contribution < 1.29 is 9.59 Å². The minimum atomic E-state index is -0.426. The van der Waals surface area contributed by atoms with Crippen LogP contribution in [-0.2, 0) is 4.79 Å². The van der Waals surface area contributed by atoms with Crippen LogP contribution < -0.4 is 10.6 Å². The molecule has 0 aliphatic carbocycles. The van der Waals surface area contributed by atoms with E-state index in [1.807, 2.05) is 112 Å². The summed E-state index contributed by atoms with van der Waals surface area (Å²) >= 11 is 1.48. The summed E-state index contributed by atoms with van der Waals surface area (Å²) < 4.78 is 0. The molecule has 0 saturated carbocycles. The van der Waals surface area contributed by atoms with E-state index in [1.165, 1.54) is 11.8 Å². The van der Waals surface area contributed by atoms with E-state index in [4.69, 9.17) is 0 Å². The molecule has 4 nitrogen and oxygen atoms in total. The zero-order chi connectivity index (χ0) is 24.8. The fraction of sp³-hybridized carbons (Fsp3) is 0.133. The van der Waals surface area contributed by atoms with E-state index in [2.05, 4.69) is 16.7 Å². The van der Waals surface area contributed by atoms with Crippen LogP contribution in [0.5, 0.6) is 0 Å². The Balaban J connectivity index is 1.49. The maximum absolute atomic E-state index is 13.4. The zero-order valence-corrected chi connectivity index (χ0v) is 20.9. The van der Waals surface area contributed by atoms with Crippen LogP contribution in [-0.4, -0.2) is 11.8 Å². The number of hydrogen-bond donors (Lipinski definition) is 2. The van der Waals surface area contributed by atoms with Gasteiger partial charge in [0.15, 0.2) is 0 Å². The second kappa shape index (κ2) is 11.1. The zero-order valence-electron chi connectivity index (χ0n) is 20.0. The number of aryl methyl sites for hydroxylation is 3. The van der Waals surface area contributed by atoms with Gasteiger partial charge in [0.1, 0.15) is 5.25 Å². The van der Waals surface area contributed by atoms with Crippen LogP contribution in [0.4, 0.5) is 11.4 Å². The average molecular weight is 481 g/mol. The molecule has 5 heteroatoms. The van der Waals surface area contributed by atoms with Crippen molar-refractivity contribution >= 4 is 35.0 Å². The molecule has 1 atom stereocenters. The minimum Gasteiger partial charge on any atom is -0.325 e. The Bertz CT molecular complexity index is 1320. The molecule has 35 heavy (non-hydrogen) atoms. The van der Waals surface area contributed by atoms with Gasteiger partial charge in [-0.3, -0.25) is 9.59 Å². The van der Waals surface area contributed by atoms with Crippen LogP contribution in [0.25, 0.3) is 0 Å². The molecular formula is C30H28N2O2S. The van der Waals surface area contributed by atoms with Gasteiger partial charge in [0, 0.05) is 21.8 Å². The number of amides is 2. The summed E-state index contributed by atoms with van der Waals surface area (Å²) in [6.07, 6.45) is 0. The molecule has 4 rings (SSSR count). The molecular weight excluding hydrogens is 452 g/mol. The van der Waals surface area contributed by atoms with Crippen molar-refractivity contribution in [1.29, 1.82) is 0 Å². The topological polar surface area (TPSA) is 58.2 Å². The number of anilines is 2. The lowest BCUT2D eigenvalue weighted by atomic mass is 10.1. The van der Waals surface area contributed by atoms with E-state index in [0.29, 0.717) is 11.3 Å². The summed E-state index contributed by atoms with van der Waals surface area (Å²) in [7, 11) is 0. The molecule has 2 amide bonds. The Hall–Kier alpha value is -3.83. The van der Waals surface area contributed by atoms with Gasteiger partial charge < -0.3 is 10.6 Å². The van der Waals surface area contributed by atoms with E-state index >= 15 is 0 Å². The molecule has 0 fully saturated rings. The van der Waals surface area contributed by atoms with Crippen LogP contribution in [0.1, 0.15) is 37.9 Å². The third kappa shape index (κ3) is 6.40. The second-order valence-corrected chi connectivity index (χ2v) is 9.74. The number of rotatable bonds is 7. The summed E-state index contributed by atoms with van der Waals surface area (Å²) in [4.78, 5) is 26.8. The summed E-state index contributed by atoms with van der Waals surface area (Å²) in [5, 5.41) is 5.60. The lowest BCUT2D eigenvalue weighted by molar-refractivity contribution is -0.115. The van der Waals surface area contributed by atoms with Gasteiger partial charge in [0.2, 0.25) is 5.91 Å². The van der Waals surface area contributed by atoms with Crippen LogP contribution in [0.2, 0.25) is 0 Å². The number of carbonyl (C=O) groups excluding carboxylic acids is 2. The smallest absolute Gasteiger partial charge is 0.255 e. The molecule has 0 saturated heterocycles. The first-order chi connectivity index (χ1) is 16.9. The second-order valence-electron chi connectivity index (χ2n) is 8.56. The van der Waals surface area contributed by atoms with Gasteiger partial charge in [-0.2, -0.15) is 0 Å². The maximum Gasteiger partial charge on any atom is 0.255 e. The van der Waals surface area contributed by atoms with Crippen molar-refractivity contribution in [3.05, 3.63) is 125 Å². The van der Waals surface area contributed by atoms with Crippen LogP contribution in [0.3, 0.4) is 0 Å². The van der Waals surface area contributed by atoms with Crippen LogP contribution in [0, 0.1) is 20.8 Å². The highest BCUT2D eigenvalue weighted by Gasteiger charge is 2.22. The van der Waals surface area contributed by atoms with E-state index in [1.54, 1.807) is 0 Å². The number of nitrogens with one attached hydrogen (secondary N) is 2. The first-order valence-electron chi connectivity index (χ1n) is 11.5. The predicted octanol–water partition coefficient (Wildman–Crippen LogP) is 7.34. The fourth-order valence-electron chi connectivity index (χ4n) is 3.71. The van der Waals surface area contributed by atoms with Crippen LogP contribution in [0.15, 0.2) is 102 Å². The summed E-state index contributed by atoms with van der Waals surface area (Å²) in [6.45, 7) is 6.02. The number of thioether (sulfide) groups is 1. The lowest BCUT2D eigenvalue weighted by Gasteiger charge is -2.18. The summed E-state index contributed by atoms with van der Waals surface area (Å²) in [5.41, 5.74) is 6.36. The first kappa shape index (κ1) is 24.3. The largest absolute Gasteiger partial charge is 0.325 e. The van der Waals surface area contributed by atoms with Gasteiger partial charge in [0.05, 0.1) is 0 Å². The first-order valence-corrected chi connectivity index (χ1v) is 12.3. The van der Waals surface area contributed by atoms with Crippen molar-refractivity contribution in [1.82, 2.24) is 0 Å². The Morgan fingerprint density at radius 2 is 1.37 bits per heavy atom. The highest BCUT2D eigenvalue weighted by atomic mass is 32.2.